The third-order valence-corrected chi connectivity index (χ3v) is 7.19. The van der Waals surface area contributed by atoms with Gasteiger partial charge in [0.05, 0.1) is 25.8 Å². The van der Waals surface area contributed by atoms with Crippen LogP contribution in [0.2, 0.25) is 0 Å². The SMILES string of the molecule is COc1cc(-c2cc(F)c(COc3cccc([C@H](O)CC(=O)O)c3)cc2C2CCCC2(C)C)c(F)cn1. The fourth-order valence-corrected chi connectivity index (χ4v) is 5.17. The maximum Gasteiger partial charge on any atom is 0.306 e. The molecule has 2 atom stereocenters. The van der Waals surface area contributed by atoms with Crippen molar-refractivity contribution in [2.45, 2.75) is 58.2 Å². The molecule has 1 fully saturated rings. The molecule has 6 nitrogen and oxygen atoms in total. The van der Waals surface area contributed by atoms with Crippen molar-refractivity contribution in [2.75, 3.05) is 7.11 Å². The molecule has 0 radical (unpaired) electrons. The molecule has 2 aromatic carbocycles. The normalized spacial score (nSPS) is 17.4. The molecule has 1 aliphatic carbocycles. The van der Waals surface area contributed by atoms with E-state index in [-0.39, 0.29) is 29.4 Å². The first kappa shape index (κ1) is 26.5. The van der Waals surface area contributed by atoms with Gasteiger partial charge in [0.2, 0.25) is 5.88 Å². The molecular formula is C29H31F2NO5. The molecule has 0 spiro atoms. The van der Waals surface area contributed by atoms with E-state index in [1.165, 1.54) is 19.2 Å². The molecule has 196 valence electrons. The second-order valence-corrected chi connectivity index (χ2v) is 10.1. The Kier molecular flexibility index (Phi) is 7.78. The van der Waals surface area contributed by atoms with Crippen LogP contribution in [-0.4, -0.2) is 28.3 Å². The number of pyridine rings is 1. The summed E-state index contributed by atoms with van der Waals surface area (Å²) >= 11 is 0. The zero-order valence-electron chi connectivity index (χ0n) is 21.1. The van der Waals surface area contributed by atoms with Gasteiger partial charge in [-0.2, -0.15) is 0 Å². The van der Waals surface area contributed by atoms with Crippen molar-refractivity contribution in [3.63, 3.8) is 0 Å². The van der Waals surface area contributed by atoms with Gasteiger partial charge in [-0.1, -0.05) is 32.4 Å². The second-order valence-electron chi connectivity index (χ2n) is 10.1. The summed E-state index contributed by atoms with van der Waals surface area (Å²) in [5, 5.41) is 19.0. The van der Waals surface area contributed by atoms with Gasteiger partial charge in [0.15, 0.2) is 0 Å². The minimum absolute atomic E-state index is 0.0487. The summed E-state index contributed by atoms with van der Waals surface area (Å²) in [4.78, 5) is 14.8. The first-order chi connectivity index (χ1) is 17.6. The summed E-state index contributed by atoms with van der Waals surface area (Å²) in [5.74, 6) is -1.50. The number of carboxylic acid groups (broad SMARTS) is 1. The second kappa shape index (κ2) is 10.8. The van der Waals surface area contributed by atoms with E-state index >= 15 is 4.39 Å². The number of hydrogen-bond acceptors (Lipinski definition) is 5. The van der Waals surface area contributed by atoms with Crippen molar-refractivity contribution in [3.8, 4) is 22.8 Å². The number of hydrogen-bond donors (Lipinski definition) is 2. The fourth-order valence-electron chi connectivity index (χ4n) is 5.17. The molecule has 8 heteroatoms. The molecule has 1 unspecified atom stereocenters. The Morgan fingerprint density at radius 3 is 2.62 bits per heavy atom. The topological polar surface area (TPSA) is 88.9 Å². The number of carbonyl (C=O) groups is 1. The van der Waals surface area contributed by atoms with Gasteiger partial charge in [-0.3, -0.25) is 4.79 Å². The average Bonchev–Trinajstić information content (AvgIpc) is 3.22. The predicted molar refractivity (Wildman–Crippen MR) is 135 cm³/mol. The first-order valence-electron chi connectivity index (χ1n) is 12.2. The van der Waals surface area contributed by atoms with Crippen LogP contribution < -0.4 is 9.47 Å². The zero-order chi connectivity index (χ0) is 26.7. The van der Waals surface area contributed by atoms with Crippen molar-refractivity contribution in [1.29, 1.82) is 0 Å². The molecule has 0 bridgehead atoms. The fraction of sp³-hybridized carbons (Fsp3) is 0.379. The van der Waals surface area contributed by atoms with E-state index in [9.17, 15) is 14.3 Å². The lowest BCUT2D eigenvalue weighted by Gasteiger charge is -2.30. The molecule has 37 heavy (non-hydrogen) atoms. The minimum atomic E-state index is -1.18. The lowest BCUT2D eigenvalue weighted by Crippen LogP contribution is -2.17. The lowest BCUT2D eigenvalue weighted by molar-refractivity contribution is -0.139. The van der Waals surface area contributed by atoms with Crippen LogP contribution in [0.15, 0.2) is 48.7 Å². The summed E-state index contributed by atoms with van der Waals surface area (Å²) in [7, 11) is 1.45. The van der Waals surface area contributed by atoms with Gasteiger partial charge in [0.1, 0.15) is 24.0 Å². The first-order valence-corrected chi connectivity index (χ1v) is 12.2. The highest BCUT2D eigenvalue weighted by Crippen LogP contribution is 2.51. The predicted octanol–water partition coefficient (Wildman–Crippen LogP) is 6.42. The van der Waals surface area contributed by atoms with E-state index in [0.29, 0.717) is 22.4 Å². The third kappa shape index (κ3) is 5.91. The van der Waals surface area contributed by atoms with Crippen molar-refractivity contribution in [3.05, 3.63) is 77.0 Å². The van der Waals surface area contributed by atoms with Gasteiger partial charge in [0, 0.05) is 17.2 Å². The van der Waals surface area contributed by atoms with Gasteiger partial charge in [-0.25, -0.2) is 13.8 Å². The van der Waals surface area contributed by atoms with Crippen LogP contribution in [0.4, 0.5) is 8.78 Å². The van der Waals surface area contributed by atoms with Gasteiger partial charge in [-0.15, -0.1) is 0 Å². The van der Waals surface area contributed by atoms with E-state index in [2.05, 4.69) is 18.8 Å². The summed E-state index contributed by atoms with van der Waals surface area (Å²) < 4.78 is 41.3. The number of aromatic nitrogens is 1. The van der Waals surface area contributed by atoms with E-state index in [0.717, 1.165) is 31.0 Å². The smallest absolute Gasteiger partial charge is 0.306 e. The largest absolute Gasteiger partial charge is 0.489 e. The highest BCUT2D eigenvalue weighted by Gasteiger charge is 2.37. The zero-order valence-corrected chi connectivity index (χ0v) is 21.1. The van der Waals surface area contributed by atoms with Crippen LogP contribution in [0.25, 0.3) is 11.1 Å². The molecule has 1 saturated carbocycles. The van der Waals surface area contributed by atoms with Crippen LogP contribution in [0.1, 0.15) is 68.2 Å². The van der Waals surface area contributed by atoms with E-state index < -0.39 is 30.1 Å². The maximum absolute atomic E-state index is 15.4. The molecule has 1 heterocycles. The Labute approximate surface area is 214 Å². The summed E-state index contributed by atoms with van der Waals surface area (Å²) in [5.41, 5.74) is 2.22. The van der Waals surface area contributed by atoms with Crippen molar-refractivity contribution >= 4 is 5.97 Å². The van der Waals surface area contributed by atoms with Crippen LogP contribution in [0, 0.1) is 17.0 Å². The Hall–Kier alpha value is -3.52. The Bertz CT molecular complexity index is 1290. The standard InChI is InChI=1S/C29H31F2NO5/c1-29(2)9-5-8-23(29)21-11-18(16-37-19-7-4-6-17(10-19)26(33)14-28(34)35)24(30)12-20(21)22-13-27(36-3)32-15-25(22)31/h4,6-7,10-13,15,23,26,33H,5,8-9,14,16H2,1-3H3,(H,34,35)/t23?,26-/m1/s1. The van der Waals surface area contributed by atoms with Gasteiger partial charge < -0.3 is 19.7 Å². The summed E-state index contributed by atoms with van der Waals surface area (Å²) in [6.07, 6.45) is 2.40. The number of nitrogens with zero attached hydrogens (tertiary/aromatic N) is 1. The van der Waals surface area contributed by atoms with Crippen LogP contribution in [0.3, 0.4) is 0 Å². The molecule has 3 aromatic rings. The van der Waals surface area contributed by atoms with E-state index in [1.54, 1.807) is 30.3 Å². The lowest BCUT2D eigenvalue weighted by atomic mass is 9.75. The van der Waals surface area contributed by atoms with Gasteiger partial charge in [-0.05, 0) is 65.1 Å². The van der Waals surface area contributed by atoms with Crippen molar-refractivity contribution in [1.82, 2.24) is 4.98 Å². The monoisotopic (exact) mass is 511 g/mol. The third-order valence-electron chi connectivity index (χ3n) is 7.19. The molecule has 0 saturated heterocycles. The van der Waals surface area contributed by atoms with E-state index in [4.69, 9.17) is 14.6 Å². The average molecular weight is 512 g/mol. The van der Waals surface area contributed by atoms with Crippen LogP contribution in [0.5, 0.6) is 11.6 Å². The maximum atomic E-state index is 15.4. The van der Waals surface area contributed by atoms with Crippen LogP contribution >= 0.6 is 0 Å². The molecule has 2 N–H and O–H groups in total. The number of aliphatic carboxylic acids is 1. The Balaban J connectivity index is 1.69. The number of ether oxygens (including phenoxy) is 2. The van der Waals surface area contributed by atoms with Crippen molar-refractivity contribution < 1.29 is 33.3 Å². The van der Waals surface area contributed by atoms with E-state index in [1.807, 2.05) is 0 Å². The number of halogens is 2. The summed E-state index contributed by atoms with van der Waals surface area (Å²) in [6.45, 7) is 4.25. The summed E-state index contributed by atoms with van der Waals surface area (Å²) in [6, 6.07) is 11.0. The van der Waals surface area contributed by atoms with Crippen molar-refractivity contribution in [2.24, 2.45) is 5.41 Å². The van der Waals surface area contributed by atoms with Gasteiger partial charge >= 0.3 is 5.97 Å². The molecule has 1 aromatic heterocycles. The van der Waals surface area contributed by atoms with Crippen LogP contribution in [-0.2, 0) is 11.4 Å². The number of aliphatic hydroxyl groups excluding tert-OH is 1. The molecule has 1 aliphatic rings. The quantitative estimate of drug-likeness (QED) is 0.345. The molecule has 0 amide bonds. The number of methoxy groups -OCH3 is 1. The highest BCUT2D eigenvalue weighted by atomic mass is 19.1. The highest BCUT2D eigenvalue weighted by molar-refractivity contribution is 5.70. The molecule has 4 rings (SSSR count). The number of rotatable bonds is 9. The molecule has 0 aliphatic heterocycles. The number of aliphatic hydroxyl groups is 1. The number of carboxylic acids is 1. The number of benzene rings is 2. The Morgan fingerprint density at radius 2 is 1.95 bits per heavy atom. The minimum Gasteiger partial charge on any atom is -0.489 e. The Morgan fingerprint density at radius 1 is 1.16 bits per heavy atom. The molecular weight excluding hydrogens is 480 g/mol. The van der Waals surface area contributed by atoms with Gasteiger partial charge in [0.25, 0.3) is 0 Å².